The highest BCUT2D eigenvalue weighted by molar-refractivity contribution is 7.84. The maximum atomic E-state index is 4.17. The molecule has 0 nitrogen and oxygen atoms in total. The molecule has 0 amide bonds. The standard InChI is InChI=1S/C7H12S/c1-4-6(3)7(8)5-2/h5,8H,3-4H2,1-2H3/b7-5+. The summed E-state index contributed by atoms with van der Waals surface area (Å²) in [6.07, 6.45) is 2.94. The fourth-order valence-electron chi connectivity index (χ4n) is 0.385. The van der Waals surface area contributed by atoms with Crippen LogP contribution in [0.15, 0.2) is 23.1 Å². The van der Waals surface area contributed by atoms with E-state index in [0.717, 1.165) is 16.9 Å². The Bertz CT molecular complexity index is 112. The van der Waals surface area contributed by atoms with Crippen LogP contribution in [0, 0.1) is 0 Å². The lowest BCUT2D eigenvalue weighted by Crippen LogP contribution is -1.74. The zero-order valence-electron chi connectivity index (χ0n) is 5.44. The third-order valence-electron chi connectivity index (χ3n) is 1.06. The monoisotopic (exact) mass is 128 g/mol. The second-order valence-corrected chi connectivity index (χ2v) is 2.11. The summed E-state index contributed by atoms with van der Waals surface area (Å²) in [5.41, 5.74) is 1.11. The van der Waals surface area contributed by atoms with Crippen LogP contribution in [0.3, 0.4) is 0 Å². The molecule has 0 aromatic carbocycles. The Hall–Kier alpha value is -0.170. The summed E-state index contributed by atoms with van der Waals surface area (Å²) in [6.45, 7) is 7.83. The van der Waals surface area contributed by atoms with Crippen molar-refractivity contribution in [2.45, 2.75) is 20.3 Å². The number of hydrogen-bond donors (Lipinski definition) is 1. The molecule has 0 aromatic rings. The van der Waals surface area contributed by atoms with Crippen molar-refractivity contribution in [3.8, 4) is 0 Å². The molecule has 46 valence electrons. The topological polar surface area (TPSA) is 0 Å². The summed E-state index contributed by atoms with van der Waals surface area (Å²) >= 11 is 4.17. The molecule has 0 aliphatic heterocycles. The lowest BCUT2D eigenvalue weighted by Gasteiger charge is -1.97. The third-order valence-corrected chi connectivity index (χ3v) is 1.64. The molecule has 0 heterocycles. The molecule has 0 N–H and O–H groups in total. The Morgan fingerprint density at radius 1 is 1.75 bits per heavy atom. The van der Waals surface area contributed by atoms with E-state index in [1.807, 2.05) is 13.0 Å². The highest BCUT2D eigenvalue weighted by atomic mass is 32.1. The van der Waals surface area contributed by atoms with E-state index in [-0.39, 0.29) is 0 Å². The Balaban J connectivity index is 3.83. The molecule has 0 rings (SSSR count). The first kappa shape index (κ1) is 7.83. The van der Waals surface area contributed by atoms with Crippen molar-refractivity contribution < 1.29 is 0 Å². The number of allylic oxidation sites excluding steroid dienone is 2. The predicted octanol–water partition coefficient (Wildman–Crippen LogP) is 2.79. The van der Waals surface area contributed by atoms with Crippen LogP contribution >= 0.6 is 12.6 Å². The minimum absolute atomic E-state index is 0.989. The number of hydrogen-bond acceptors (Lipinski definition) is 1. The molecule has 1 heteroatoms. The molecule has 0 aliphatic carbocycles. The van der Waals surface area contributed by atoms with E-state index < -0.39 is 0 Å². The largest absolute Gasteiger partial charge is 0.144 e. The molecule has 0 fully saturated rings. The lowest BCUT2D eigenvalue weighted by atomic mass is 10.2. The van der Waals surface area contributed by atoms with Crippen LogP contribution in [0.1, 0.15) is 20.3 Å². The van der Waals surface area contributed by atoms with Gasteiger partial charge < -0.3 is 0 Å². The second-order valence-electron chi connectivity index (χ2n) is 1.63. The van der Waals surface area contributed by atoms with E-state index in [1.165, 1.54) is 0 Å². The SMILES string of the molecule is C=C(CC)/C(S)=C\C. The zero-order valence-corrected chi connectivity index (χ0v) is 6.33. The Morgan fingerprint density at radius 2 is 2.25 bits per heavy atom. The Morgan fingerprint density at radius 3 is 2.38 bits per heavy atom. The minimum Gasteiger partial charge on any atom is -0.144 e. The fraction of sp³-hybridized carbons (Fsp3) is 0.429. The van der Waals surface area contributed by atoms with Crippen molar-refractivity contribution in [2.24, 2.45) is 0 Å². The fourth-order valence-corrected chi connectivity index (χ4v) is 0.543. The van der Waals surface area contributed by atoms with Gasteiger partial charge in [0.2, 0.25) is 0 Å². The van der Waals surface area contributed by atoms with E-state index in [4.69, 9.17) is 0 Å². The molecule has 0 aromatic heterocycles. The smallest absolute Gasteiger partial charge is 0.00233 e. The van der Waals surface area contributed by atoms with Gasteiger partial charge >= 0.3 is 0 Å². The number of rotatable bonds is 2. The van der Waals surface area contributed by atoms with Gasteiger partial charge in [0.1, 0.15) is 0 Å². The van der Waals surface area contributed by atoms with Gasteiger partial charge in [-0.2, -0.15) is 0 Å². The van der Waals surface area contributed by atoms with E-state index in [1.54, 1.807) is 0 Å². The summed E-state index contributed by atoms with van der Waals surface area (Å²) in [7, 11) is 0. The predicted molar refractivity (Wildman–Crippen MR) is 42.2 cm³/mol. The molecule has 0 aliphatic rings. The van der Waals surface area contributed by atoms with E-state index in [9.17, 15) is 0 Å². The zero-order chi connectivity index (χ0) is 6.57. The molecule has 0 bridgehead atoms. The van der Waals surface area contributed by atoms with Crippen LogP contribution in [0.2, 0.25) is 0 Å². The first-order chi connectivity index (χ1) is 3.72. The van der Waals surface area contributed by atoms with Crippen LogP contribution in [0.25, 0.3) is 0 Å². The molecule has 0 saturated heterocycles. The highest BCUT2D eigenvalue weighted by Gasteiger charge is 1.89. The van der Waals surface area contributed by atoms with E-state index in [0.29, 0.717) is 0 Å². The van der Waals surface area contributed by atoms with Crippen molar-refractivity contribution in [1.82, 2.24) is 0 Å². The summed E-state index contributed by atoms with van der Waals surface area (Å²) in [5.74, 6) is 0. The maximum absolute atomic E-state index is 4.17. The molecule has 0 saturated carbocycles. The maximum Gasteiger partial charge on any atom is 0.00233 e. The summed E-state index contributed by atoms with van der Waals surface area (Å²) in [5, 5.41) is 0. The van der Waals surface area contributed by atoms with Gasteiger partial charge in [0.15, 0.2) is 0 Å². The minimum atomic E-state index is 0.989. The second kappa shape index (κ2) is 3.79. The van der Waals surface area contributed by atoms with Crippen molar-refractivity contribution in [3.63, 3.8) is 0 Å². The molecule has 8 heavy (non-hydrogen) atoms. The highest BCUT2D eigenvalue weighted by Crippen LogP contribution is 2.13. The Kier molecular flexibility index (Phi) is 3.71. The Labute approximate surface area is 56.7 Å². The summed E-state index contributed by atoms with van der Waals surface area (Å²) in [6, 6.07) is 0. The van der Waals surface area contributed by atoms with Crippen molar-refractivity contribution in [3.05, 3.63) is 23.1 Å². The van der Waals surface area contributed by atoms with E-state index >= 15 is 0 Å². The van der Waals surface area contributed by atoms with Crippen molar-refractivity contribution in [1.29, 1.82) is 0 Å². The van der Waals surface area contributed by atoms with Gasteiger partial charge in [0, 0.05) is 4.91 Å². The van der Waals surface area contributed by atoms with Crippen LogP contribution in [-0.4, -0.2) is 0 Å². The van der Waals surface area contributed by atoms with Crippen LogP contribution < -0.4 is 0 Å². The summed E-state index contributed by atoms with van der Waals surface area (Å²) < 4.78 is 0. The van der Waals surface area contributed by atoms with Crippen LogP contribution in [0.5, 0.6) is 0 Å². The van der Waals surface area contributed by atoms with Crippen molar-refractivity contribution >= 4 is 12.6 Å². The third kappa shape index (κ3) is 2.22. The molecular formula is C7H12S. The van der Waals surface area contributed by atoms with Gasteiger partial charge in [-0.25, -0.2) is 0 Å². The first-order valence-electron chi connectivity index (χ1n) is 2.75. The normalized spacial score (nSPS) is 11.6. The average molecular weight is 128 g/mol. The molecule has 0 radical (unpaired) electrons. The van der Waals surface area contributed by atoms with Gasteiger partial charge in [0.05, 0.1) is 0 Å². The first-order valence-corrected chi connectivity index (χ1v) is 3.20. The lowest BCUT2D eigenvalue weighted by molar-refractivity contribution is 1.15. The average Bonchev–Trinajstić information content (AvgIpc) is 1.84. The summed E-state index contributed by atoms with van der Waals surface area (Å²) in [4.78, 5) is 1.01. The van der Waals surface area contributed by atoms with Crippen molar-refractivity contribution in [2.75, 3.05) is 0 Å². The van der Waals surface area contributed by atoms with Gasteiger partial charge in [-0.05, 0) is 18.9 Å². The molecule has 0 unspecified atom stereocenters. The van der Waals surface area contributed by atoms with Gasteiger partial charge in [-0.15, -0.1) is 12.6 Å². The van der Waals surface area contributed by atoms with E-state index in [2.05, 4.69) is 26.1 Å². The van der Waals surface area contributed by atoms with Crippen LogP contribution in [-0.2, 0) is 0 Å². The van der Waals surface area contributed by atoms with Gasteiger partial charge in [0.25, 0.3) is 0 Å². The number of thiol groups is 1. The molecule has 0 atom stereocenters. The van der Waals surface area contributed by atoms with Gasteiger partial charge in [-0.3, -0.25) is 0 Å². The molecular weight excluding hydrogens is 116 g/mol. The molecule has 0 spiro atoms. The van der Waals surface area contributed by atoms with Crippen LogP contribution in [0.4, 0.5) is 0 Å². The quantitative estimate of drug-likeness (QED) is 0.429. The van der Waals surface area contributed by atoms with Gasteiger partial charge in [-0.1, -0.05) is 19.6 Å².